The van der Waals surface area contributed by atoms with Crippen LogP contribution in [0, 0.1) is 0 Å². The summed E-state index contributed by atoms with van der Waals surface area (Å²) < 4.78 is 6.63. The molecule has 0 amide bonds. The van der Waals surface area contributed by atoms with Gasteiger partial charge in [-0.2, -0.15) is 0 Å². The Kier molecular flexibility index (Phi) is 4.21. The first kappa shape index (κ1) is 13.7. The summed E-state index contributed by atoms with van der Waals surface area (Å²) in [4.78, 5) is 0. The van der Waals surface area contributed by atoms with Crippen LogP contribution in [0.3, 0.4) is 0 Å². The van der Waals surface area contributed by atoms with E-state index in [9.17, 15) is 5.11 Å². The van der Waals surface area contributed by atoms with Crippen molar-refractivity contribution in [3.63, 3.8) is 0 Å². The Hall–Kier alpha value is -0.315. The lowest BCUT2D eigenvalue weighted by Crippen LogP contribution is -2.49. The fourth-order valence-corrected chi connectivity index (χ4v) is 1.30. The first-order chi connectivity index (χ1) is 7.24. The molecule has 1 radical (unpaired) electrons. The van der Waals surface area contributed by atoms with E-state index in [1.807, 2.05) is 38.1 Å². The SMILES string of the molecule is CC(C)(O)C(C)(C)O[B]c1ccccc1Br. The minimum absolute atomic E-state index is 0.637. The molecular weight excluding hydrogens is 267 g/mol. The lowest BCUT2D eigenvalue weighted by molar-refractivity contribution is -0.0893. The molecule has 0 unspecified atom stereocenters. The van der Waals surface area contributed by atoms with Gasteiger partial charge in [-0.15, -0.1) is 0 Å². The standard InChI is InChI=1S/C12H17BBrO2/c1-11(2,15)12(3,4)16-13-9-7-5-6-8-10(9)14/h5-8,15H,1-4H3. The van der Waals surface area contributed by atoms with E-state index in [-0.39, 0.29) is 0 Å². The van der Waals surface area contributed by atoms with Crippen LogP contribution in [0.4, 0.5) is 0 Å². The summed E-state index contributed by atoms with van der Waals surface area (Å²) in [5, 5.41) is 9.94. The first-order valence-corrected chi connectivity index (χ1v) is 6.01. The summed E-state index contributed by atoms with van der Waals surface area (Å²) in [6.45, 7) is 7.20. The Morgan fingerprint density at radius 3 is 2.25 bits per heavy atom. The van der Waals surface area contributed by atoms with Crippen LogP contribution in [0.5, 0.6) is 0 Å². The molecule has 1 aromatic rings. The number of aliphatic hydroxyl groups is 1. The van der Waals surface area contributed by atoms with Crippen molar-refractivity contribution in [1.29, 1.82) is 0 Å². The van der Waals surface area contributed by atoms with Crippen molar-refractivity contribution in [3.05, 3.63) is 28.7 Å². The monoisotopic (exact) mass is 283 g/mol. The van der Waals surface area contributed by atoms with Crippen molar-refractivity contribution in [2.45, 2.75) is 38.9 Å². The van der Waals surface area contributed by atoms with Gasteiger partial charge in [0.1, 0.15) is 0 Å². The molecule has 0 heterocycles. The van der Waals surface area contributed by atoms with Crippen LogP contribution in [0.1, 0.15) is 27.7 Å². The number of hydrogen-bond acceptors (Lipinski definition) is 2. The van der Waals surface area contributed by atoms with Gasteiger partial charge in [-0.3, -0.25) is 0 Å². The van der Waals surface area contributed by atoms with Crippen LogP contribution in [-0.2, 0) is 4.65 Å². The zero-order valence-corrected chi connectivity index (χ0v) is 11.7. The normalized spacial score (nSPS) is 12.6. The van der Waals surface area contributed by atoms with Gasteiger partial charge < -0.3 is 9.76 Å². The number of hydrogen-bond donors (Lipinski definition) is 1. The van der Waals surface area contributed by atoms with E-state index in [1.54, 1.807) is 21.3 Å². The number of rotatable bonds is 4. The second-order valence-electron chi connectivity index (χ2n) is 4.83. The molecule has 1 N–H and O–H groups in total. The highest BCUT2D eigenvalue weighted by Gasteiger charge is 2.35. The third kappa shape index (κ3) is 3.34. The molecule has 0 saturated carbocycles. The van der Waals surface area contributed by atoms with E-state index < -0.39 is 11.2 Å². The second kappa shape index (κ2) is 4.90. The predicted molar refractivity (Wildman–Crippen MR) is 71.0 cm³/mol. The van der Waals surface area contributed by atoms with E-state index in [4.69, 9.17) is 4.65 Å². The van der Waals surface area contributed by atoms with Gasteiger partial charge in [0.15, 0.2) is 0 Å². The molecule has 16 heavy (non-hydrogen) atoms. The maximum absolute atomic E-state index is 9.94. The van der Waals surface area contributed by atoms with Gasteiger partial charge in [0.05, 0.1) is 11.2 Å². The summed E-state index contributed by atoms with van der Waals surface area (Å²) in [5.74, 6) is 0. The molecule has 4 heteroatoms. The van der Waals surface area contributed by atoms with Gasteiger partial charge in [0.25, 0.3) is 0 Å². The Morgan fingerprint density at radius 2 is 1.75 bits per heavy atom. The summed E-state index contributed by atoms with van der Waals surface area (Å²) in [6, 6.07) is 7.79. The van der Waals surface area contributed by atoms with Crippen molar-refractivity contribution in [2.75, 3.05) is 0 Å². The molecule has 0 fully saturated rings. The van der Waals surface area contributed by atoms with Crippen LogP contribution < -0.4 is 5.46 Å². The molecule has 2 nitrogen and oxygen atoms in total. The van der Waals surface area contributed by atoms with Gasteiger partial charge >= 0.3 is 7.48 Å². The molecule has 0 spiro atoms. The summed E-state index contributed by atoms with van der Waals surface area (Å²) in [5.41, 5.74) is -0.577. The van der Waals surface area contributed by atoms with Crippen molar-refractivity contribution in [1.82, 2.24) is 0 Å². The topological polar surface area (TPSA) is 29.5 Å². The summed E-state index contributed by atoms with van der Waals surface area (Å²) in [6.07, 6.45) is 0. The van der Waals surface area contributed by atoms with Crippen LogP contribution in [0.2, 0.25) is 0 Å². The van der Waals surface area contributed by atoms with Gasteiger partial charge in [0.2, 0.25) is 0 Å². The quantitative estimate of drug-likeness (QED) is 0.859. The minimum atomic E-state index is -0.898. The highest BCUT2D eigenvalue weighted by atomic mass is 79.9. The molecule has 0 aliphatic rings. The largest absolute Gasteiger partial charge is 0.427 e. The smallest absolute Gasteiger partial charge is 0.332 e. The molecule has 0 aromatic heterocycles. The third-order valence-electron chi connectivity index (χ3n) is 2.86. The average molecular weight is 284 g/mol. The Bertz CT molecular complexity index is 358. The zero-order valence-electron chi connectivity index (χ0n) is 10.1. The lowest BCUT2D eigenvalue weighted by atomic mass is 9.83. The lowest BCUT2D eigenvalue weighted by Gasteiger charge is -2.37. The van der Waals surface area contributed by atoms with E-state index in [0.717, 1.165) is 9.94 Å². The maximum Gasteiger partial charge on any atom is 0.332 e. The molecule has 0 bridgehead atoms. The van der Waals surface area contributed by atoms with E-state index in [2.05, 4.69) is 15.9 Å². The molecule has 0 saturated heterocycles. The molecule has 1 rings (SSSR count). The predicted octanol–water partition coefficient (Wildman–Crippen LogP) is 2.26. The maximum atomic E-state index is 9.94. The van der Waals surface area contributed by atoms with Crippen molar-refractivity contribution < 1.29 is 9.76 Å². The fourth-order valence-electron chi connectivity index (χ4n) is 0.926. The van der Waals surface area contributed by atoms with Gasteiger partial charge in [0, 0.05) is 4.47 Å². The molecule has 0 atom stereocenters. The third-order valence-corrected chi connectivity index (χ3v) is 3.58. The van der Waals surface area contributed by atoms with Gasteiger partial charge in [-0.25, -0.2) is 0 Å². The molecule has 1 aromatic carbocycles. The summed E-state index contributed by atoms with van der Waals surface area (Å²) in [7, 11) is 1.67. The van der Waals surface area contributed by atoms with Crippen LogP contribution >= 0.6 is 15.9 Å². The Morgan fingerprint density at radius 1 is 1.19 bits per heavy atom. The zero-order chi connectivity index (χ0) is 12.4. The van der Waals surface area contributed by atoms with E-state index >= 15 is 0 Å². The fraction of sp³-hybridized carbons (Fsp3) is 0.500. The van der Waals surface area contributed by atoms with Crippen molar-refractivity contribution >= 4 is 28.9 Å². The average Bonchev–Trinajstić information content (AvgIpc) is 2.15. The van der Waals surface area contributed by atoms with E-state index in [1.165, 1.54) is 0 Å². The highest BCUT2D eigenvalue weighted by molar-refractivity contribution is 9.10. The number of benzene rings is 1. The molecule has 0 aliphatic carbocycles. The van der Waals surface area contributed by atoms with Crippen LogP contribution in [0.25, 0.3) is 0 Å². The molecule has 0 aliphatic heterocycles. The van der Waals surface area contributed by atoms with Crippen molar-refractivity contribution in [2.24, 2.45) is 0 Å². The number of halogens is 1. The molecular formula is C12H17BBrO2. The van der Waals surface area contributed by atoms with Crippen LogP contribution in [-0.4, -0.2) is 23.8 Å². The Labute approximate surface area is 106 Å². The summed E-state index contributed by atoms with van der Waals surface area (Å²) >= 11 is 3.44. The van der Waals surface area contributed by atoms with Gasteiger partial charge in [-0.05, 0) is 39.2 Å². The molecule has 87 valence electrons. The highest BCUT2D eigenvalue weighted by Crippen LogP contribution is 2.24. The second-order valence-corrected chi connectivity index (χ2v) is 5.68. The van der Waals surface area contributed by atoms with E-state index in [0.29, 0.717) is 0 Å². The Balaban J connectivity index is 2.69. The van der Waals surface area contributed by atoms with Gasteiger partial charge in [-0.1, -0.05) is 34.1 Å². The first-order valence-electron chi connectivity index (χ1n) is 5.22. The van der Waals surface area contributed by atoms with Crippen LogP contribution in [0.15, 0.2) is 28.7 Å². The van der Waals surface area contributed by atoms with Crippen molar-refractivity contribution in [3.8, 4) is 0 Å². The minimum Gasteiger partial charge on any atom is -0.427 e.